The smallest absolute Gasteiger partial charge is 0.308 e. The van der Waals surface area contributed by atoms with Crippen LogP contribution >= 0.6 is 0 Å². The first-order valence-corrected chi connectivity index (χ1v) is 8.96. The molecule has 128 valence electrons. The average molecular weight is 347 g/mol. The number of para-hydroxylation sites is 1. The molecule has 2 rings (SSSR count). The largest absolute Gasteiger partial charge is 0.323 e. The average Bonchev–Trinajstić information content (AvgIpc) is 2.55. The molecule has 0 heterocycles. The van der Waals surface area contributed by atoms with Crippen molar-refractivity contribution >= 4 is 27.4 Å². The topological polar surface area (TPSA) is 78.5 Å². The summed E-state index contributed by atoms with van der Waals surface area (Å²) in [5.74, 6) is 0. The molecule has 0 saturated heterocycles. The Morgan fingerprint density at radius 1 is 0.917 bits per heavy atom. The van der Waals surface area contributed by atoms with Gasteiger partial charge in [-0.3, -0.25) is 0 Å². The third-order valence-electron chi connectivity index (χ3n) is 3.55. The highest BCUT2D eigenvalue weighted by Crippen LogP contribution is 2.19. The second kappa shape index (κ2) is 7.46. The van der Waals surface area contributed by atoms with Gasteiger partial charge in [-0.1, -0.05) is 18.2 Å². The number of rotatable bonds is 5. The Morgan fingerprint density at radius 2 is 1.42 bits per heavy atom. The Labute approximate surface area is 142 Å². The van der Waals surface area contributed by atoms with Gasteiger partial charge in [-0.25, -0.2) is 13.2 Å². The van der Waals surface area contributed by atoms with Gasteiger partial charge in [-0.15, -0.1) is 0 Å². The first kappa shape index (κ1) is 18.0. The van der Waals surface area contributed by atoms with Gasteiger partial charge in [0.1, 0.15) is 0 Å². The molecule has 0 unspecified atom stereocenters. The van der Waals surface area contributed by atoms with Crippen LogP contribution in [0.3, 0.4) is 0 Å². The van der Waals surface area contributed by atoms with Crippen LogP contribution in [0.5, 0.6) is 0 Å². The minimum atomic E-state index is -3.53. The number of sulfonamides is 1. The van der Waals surface area contributed by atoms with Crippen LogP contribution in [0.1, 0.15) is 13.8 Å². The Kier molecular flexibility index (Phi) is 5.58. The number of carbonyl (C=O) groups is 1. The Hall–Kier alpha value is -2.38. The maximum atomic E-state index is 12.4. The van der Waals surface area contributed by atoms with Crippen molar-refractivity contribution in [3.8, 4) is 0 Å². The van der Waals surface area contributed by atoms with Gasteiger partial charge in [0, 0.05) is 24.5 Å². The Balaban J connectivity index is 2.06. The highest BCUT2D eigenvalue weighted by molar-refractivity contribution is 7.89. The second-order valence-electron chi connectivity index (χ2n) is 5.58. The van der Waals surface area contributed by atoms with Crippen molar-refractivity contribution in [2.45, 2.75) is 24.8 Å². The van der Waals surface area contributed by atoms with Crippen molar-refractivity contribution in [1.82, 2.24) is 4.31 Å². The van der Waals surface area contributed by atoms with Gasteiger partial charge in [-0.2, -0.15) is 4.31 Å². The minimum Gasteiger partial charge on any atom is -0.308 e. The molecule has 0 aliphatic rings. The predicted molar refractivity (Wildman–Crippen MR) is 95.6 cm³/mol. The Bertz CT molecular complexity index is 788. The molecule has 2 aromatic carbocycles. The van der Waals surface area contributed by atoms with Crippen LogP contribution in [0.25, 0.3) is 0 Å². The van der Waals surface area contributed by atoms with Gasteiger partial charge in [0.05, 0.1) is 4.90 Å². The molecule has 0 bridgehead atoms. The van der Waals surface area contributed by atoms with Crippen LogP contribution in [-0.4, -0.2) is 31.8 Å². The van der Waals surface area contributed by atoms with Crippen LogP contribution < -0.4 is 10.6 Å². The molecule has 0 aromatic heterocycles. The number of carbonyl (C=O) groups excluding carboxylic acids is 1. The summed E-state index contributed by atoms with van der Waals surface area (Å²) in [6.45, 7) is 3.61. The van der Waals surface area contributed by atoms with Crippen LogP contribution in [0.15, 0.2) is 59.5 Å². The van der Waals surface area contributed by atoms with Gasteiger partial charge in [-0.05, 0) is 50.2 Å². The van der Waals surface area contributed by atoms with E-state index in [-0.39, 0.29) is 10.9 Å². The summed E-state index contributed by atoms with van der Waals surface area (Å²) in [6, 6.07) is 14.6. The summed E-state index contributed by atoms with van der Waals surface area (Å²) in [6.07, 6.45) is 0. The molecule has 0 aliphatic carbocycles. The maximum absolute atomic E-state index is 12.4. The molecule has 0 spiro atoms. The number of amides is 2. The zero-order valence-corrected chi connectivity index (χ0v) is 14.7. The molecule has 2 amide bonds. The van der Waals surface area contributed by atoms with Crippen molar-refractivity contribution in [3.63, 3.8) is 0 Å². The van der Waals surface area contributed by atoms with E-state index in [0.29, 0.717) is 11.4 Å². The molecular weight excluding hydrogens is 326 g/mol. The number of benzene rings is 2. The lowest BCUT2D eigenvalue weighted by molar-refractivity contribution is 0.262. The zero-order valence-electron chi connectivity index (χ0n) is 13.9. The normalized spacial score (nSPS) is 11.5. The standard InChI is InChI=1S/C17H21N3O3S/c1-13(2)20(3)24(22,23)16-11-9-15(10-12-16)19-17(21)18-14-7-5-4-6-8-14/h4-13H,1-3H3,(H2,18,19,21). The molecule has 7 heteroatoms. The van der Waals surface area contributed by atoms with Crippen molar-refractivity contribution < 1.29 is 13.2 Å². The first-order chi connectivity index (χ1) is 11.3. The number of hydrogen-bond acceptors (Lipinski definition) is 3. The van der Waals surface area contributed by atoms with E-state index in [1.54, 1.807) is 45.2 Å². The van der Waals surface area contributed by atoms with E-state index in [1.807, 2.05) is 18.2 Å². The fourth-order valence-corrected chi connectivity index (χ4v) is 3.34. The SMILES string of the molecule is CC(C)N(C)S(=O)(=O)c1ccc(NC(=O)Nc2ccccc2)cc1. The number of hydrogen-bond donors (Lipinski definition) is 2. The monoisotopic (exact) mass is 347 g/mol. The van der Waals surface area contributed by atoms with Gasteiger partial charge >= 0.3 is 6.03 Å². The summed E-state index contributed by atoms with van der Waals surface area (Å²) >= 11 is 0. The molecule has 24 heavy (non-hydrogen) atoms. The number of anilines is 2. The van der Waals surface area contributed by atoms with E-state index >= 15 is 0 Å². The highest BCUT2D eigenvalue weighted by Gasteiger charge is 2.22. The second-order valence-corrected chi connectivity index (χ2v) is 7.58. The zero-order chi connectivity index (χ0) is 17.7. The third-order valence-corrected chi connectivity index (χ3v) is 5.60. The van der Waals surface area contributed by atoms with E-state index in [9.17, 15) is 13.2 Å². The molecule has 6 nitrogen and oxygen atoms in total. The van der Waals surface area contributed by atoms with E-state index in [1.165, 1.54) is 16.4 Å². The minimum absolute atomic E-state index is 0.135. The summed E-state index contributed by atoms with van der Waals surface area (Å²) in [5.41, 5.74) is 1.18. The van der Waals surface area contributed by atoms with Crippen molar-refractivity contribution in [1.29, 1.82) is 0 Å². The molecule has 0 saturated carbocycles. The highest BCUT2D eigenvalue weighted by atomic mass is 32.2. The van der Waals surface area contributed by atoms with Gasteiger partial charge < -0.3 is 10.6 Å². The molecule has 2 aromatic rings. The molecule has 0 radical (unpaired) electrons. The lowest BCUT2D eigenvalue weighted by Gasteiger charge is -2.21. The van der Waals surface area contributed by atoms with Crippen LogP contribution in [0.4, 0.5) is 16.2 Å². The summed E-state index contributed by atoms with van der Waals surface area (Å²) in [4.78, 5) is 12.1. The maximum Gasteiger partial charge on any atom is 0.323 e. The summed E-state index contributed by atoms with van der Waals surface area (Å²) in [7, 11) is -1.99. The fourth-order valence-electron chi connectivity index (χ4n) is 1.97. The quantitative estimate of drug-likeness (QED) is 0.870. The molecule has 0 aliphatic heterocycles. The van der Waals surface area contributed by atoms with Crippen molar-refractivity contribution in [2.24, 2.45) is 0 Å². The fraction of sp³-hybridized carbons (Fsp3) is 0.235. The molecular formula is C17H21N3O3S. The van der Waals surface area contributed by atoms with E-state index in [0.717, 1.165) is 0 Å². The molecule has 2 N–H and O–H groups in total. The first-order valence-electron chi connectivity index (χ1n) is 7.52. The molecule has 0 atom stereocenters. The number of nitrogens with zero attached hydrogens (tertiary/aromatic N) is 1. The van der Waals surface area contributed by atoms with Gasteiger partial charge in [0.15, 0.2) is 0 Å². The van der Waals surface area contributed by atoms with Crippen LogP contribution in [0.2, 0.25) is 0 Å². The lowest BCUT2D eigenvalue weighted by Crippen LogP contribution is -2.33. The van der Waals surface area contributed by atoms with Crippen LogP contribution in [0, 0.1) is 0 Å². The van der Waals surface area contributed by atoms with Crippen molar-refractivity contribution in [2.75, 3.05) is 17.7 Å². The van der Waals surface area contributed by atoms with Gasteiger partial charge in [0.25, 0.3) is 0 Å². The van der Waals surface area contributed by atoms with E-state index < -0.39 is 16.1 Å². The van der Waals surface area contributed by atoms with Crippen LogP contribution in [-0.2, 0) is 10.0 Å². The Morgan fingerprint density at radius 3 is 1.92 bits per heavy atom. The van der Waals surface area contributed by atoms with Crippen molar-refractivity contribution in [3.05, 3.63) is 54.6 Å². The predicted octanol–water partition coefficient (Wildman–Crippen LogP) is 3.36. The van der Waals surface area contributed by atoms with E-state index in [4.69, 9.17) is 0 Å². The third kappa shape index (κ3) is 4.33. The number of urea groups is 1. The summed E-state index contributed by atoms with van der Waals surface area (Å²) in [5, 5.41) is 5.35. The molecule has 0 fully saturated rings. The lowest BCUT2D eigenvalue weighted by atomic mass is 10.3. The van der Waals surface area contributed by atoms with E-state index in [2.05, 4.69) is 10.6 Å². The number of nitrogens with one attached hydrogen (secondary N) is 2. The van der Waals surface area contributed by atoms with Gasteiger partial charge in [0.2, 0.25) is 10.0 Å². The summed E-state index contributed by atoms with van der Waals surface area (Å²) < 4.78 is 26.1.